The molecule has 0 aliphatic carbocycles. The number of ether oxygens (including phenoxy) is 1. The first-order valence-corrected chi connectivity index (χ1v) is 7.77. The second-order valence-electron chi connectivity index (χ2n) is 5.31. The van der Waals surface area contributed by atoms with E-state index in [0.717, 1.165) is 12.1 Å². The Balaban J connectivity index is 2.10. The lowest BCUT2D eigenvalue weighted by Gasteiger charge is -2.09. The lowest BCUT2D eigenvalue weighted by atomic mass is 10.1. The maximum atomic E-state index is 12.7. The van der Waals surface area contributed by atoms with Gasteiger partial charge in [-0.25, -0.2) is 0 Å². The number of nitriles is 1. The number of nitrogens with one attached hydrogen (secondary N) is 1. The average molecular weight is 364 g/mol. The number of halogens is 4. The van der Waals surface area contributed by atoms with Crippen molar-refractivity contribution in [3.05, 3.63) is 65.9 Å². The molecule has 0 radical (unpaired) electrons. The third-order valence-electron chi connectivity index (χ3n) is 3.41. The summed E-state index contributed by atoms with van der Waals surface area (Å²) in [4.78, 5) is 0. The average Bonchev–Trinajstić information content (AvgIpc) is 2.63. The van der Waals surface area contributed by atoms with Gasteiger partial charge in [0.15, 0.2) is 0 Å². The fourth-order valence-corrected chi connectivity index (χ4v) is 2.10. The first kappa shape index (κ1) is 19.3. The SMILES string of the molecule is N#CC(=CNc1cccc(C(F)(F)F)c1)c1ccc(OCCCF)cc1. The smallest absolute Gasteiger partial charge is 0.416 e. The monoisotopic (exact) mass is 364 g/mol. The van der Waals surface area contributed by atoms with E-state index in [0.29, 0.717) is 17.7 Å². The molecule has 7 heteroatoms. The molecule has 26 heavy (non-hydrogen) atoms. The molecule has 0 fully saturated rings. The largest absolute Gasteiger partial charge is 0.493 e. The Kier molecular flexibility index (Phi) is 6.61. The molecule has 0 saturated heterocycles. The number of rotatable bonds is 7. The summed E-state index contributed by atoms with van der Waals surface area (Å²) in [7, 11) is 0. The van der Waals surface area contributed by atoms with Crippen molar-refractivity contribution in [2.75, 3.05) is 18.6 Å². The van der Waals surface area contributed by atoms with E-state index in [1.54, 1.807) is 24.3 Å². The Morgan fingerprint density at radius 3 is 2.50 bits per heavy atom. The maximum Gasteiger partial charge on any atom is 0.416 e. The molecule has 2 aromatic rings. The Morgan fingerprint density at radius 1 is 1.15 bits per heavy atom. The van der Waals surface area contributed by atoms with Gasteiger partial charge in [0.2, 0.25) is 0 Å². The van der Waals surface area contributed by atoms with Gasteiger partial charge in [-0.15, -0.1) is 0 Å². The summed E-state index contributed by atoms with van der Waals surface area (Å²) in [5, 5.41) is 12.0. The summed E-state index contributed by atoms with van der Waals surface area (Å²) >= 11 is 0. The third kappa shape index (κ3) is 5.52. The minimum atomic E-state index is -4.43. The summed E-state index contributed by atoms with van der Waals surface area (Å²) in [6.07, 6.45) is -2.79. The molecule has 0 saturated carbocycles. The zero-order valence-electron chi connectivity index (χ0n) is 13.7. The third-order valence-corrected chi connectivity index (χ3v) is 3.41. The van der Waals surface area contributed by atoms with Crippen LogP contribution in [-0.4, -0.2) is 13.3 Å². The second-order valence-corrected chi connectivity index (χ2v) is 5.31. The lowest BCUT2D eigenvalue weighted by molar-refractivity contribution is -0.137. The number of hydrogen-bond donors (Lipinski definition) is 1. The van der Waals surface area contributed by atoms with Gasteiger partial charge in [0.1, 0.15) is 11.8 Å². The molecule has 0 aliphatic rings. The molecule has 1 N–H and O–H groups in total. The van der Waals surface area contributed by atoms with Gasteiger partial charge in [0, 0.05) is 18.3 Å². The van der Waals surface area contributed by atoms with Crippen LogP contribution in [0.5, 0.6) is 5.75 Å². The fourth-order valence-electron chi connectivity index (χ4n) is 2.10. The minimum Gasteiger partial charge on any atom is -0.493 e. The molecule has 0 heterocycles. The molecule has 0 atom stereocenters. The van der Waals surface area contributed by atoms with Gasteiger partial charge >= 0.3 is 6.18 Å². The Morgan fingerprint density at radius 2 is 1.88 bits per heavy atom. The predicted molar refractivity (Wildman–Crippen MR) is 91.2 cm³/mol. The molecule has 3 nitrogen and oxygen atoms in total. The standard InChI is InChI=1S/C19H16F4N2O/c20-9-2-10-26-18-7-5-14(6-8-18)15(12-24)13-25-17-4-1-3-16(11-17)19(21,22)23/h1,3-8,11,13,25H,2,9-10H2. The van der Waals surface area contributed by atoms with Gasteiger partial charge in [0.05, 0.1) is 24.4 Å². The van der Waals surface area contributed by atoms with Crippen LogP contribution in [0.1, 0.15) is 17.5 Å². The van der Waals surface area contributed by atoms with Crippen LogP contribution in [0.2, 0.25) is 0 Å². The summed E-state index contributed by atoms with van der Waals surface area (Å²) in [5.41, 5.74) is 0.269. The van der Waals surface area contributed by atoms with E-state index in [1.165, 1.54) is 18.3 Å². The number of alkyl halides is 4. The summed E-state index contributed by atoms with van der Waals surface area (Å²) in [6.45, 7) is -0.200. The minimum absolute atomic E-state index is 0.221. The van der Waals surface area contributed by atoms with Gasteiger partial charge in [-0.05, 0) is 48.0 Å². The molecule has 0 aliphatic heterocycles. The normalized spacial score (nSPS) is 11.7. The van der Waals surface area contributed by atoms with Crippen LogP contribution >= 0.6 is 0 Å². The number of nitrogens with zero attached hydrogens (tertiary/aromatic N) is 1. The molecule has 136 valence electrons. The zero-order chi connectivity index (χ0) is 19.0. The molecule has 2 aromatic carbocycles. The highest BCUT2D eigenvalue weighted by Crippen LogP contribution is 2.30. The van der Waals surface area contributed by atoms with E-state index in [2.05, 4.69) is 5.32 Å². The van der Waals surface area contributed by atoms with Crippen LogP contribution in [0.15, 0.2) is 54.7 Å². The van der Waals surface area contributed by atoms with Gasteiger partial charge in [-0.3, -0.25) is 4.39 Å². The van der Waals surface area contributed by atoms with Crippen LogP contribution in [0.25, 0.3) is 5.57 Å². The van der Waals surface area contributed by atoms with Crippen LogP contribution < -0.4 is 10.1 Å². The van der Waals surface area contributed by atoms with Crippen LogP contribution in [0.4, 0.5) is 23.2 Å². The first-order chi connectivity index (χ1) is 12.4. The van der Waals surface area contributed by atoms with Crippen molar-refractivity contribution in [1.29, 1.82) is 5.26 Å². The highest BCUT2D eigenvalue weighted by molar-refractivity contribution is 5.78. The van der Waals surface area contributed by atoms with Crippen molar-refractivity contribution >= 4 is 11.3 Å². The van der Waals surface area contributed by atoms with Gasteiger partial charge in [0.25, 0.3) is 0 Å². The molecule has 2 rings (SSSR count). The van der Waals surface area contributed by atoms with Gasteiger partial charge < -0.3 is 10.1 Å². The van der Waals surface area contributed by atoms with Crippen molar-refractivity contribution in [1.82, 2.24) is 0 Å². The van der Waals surface area contributed by atoms with Crippen molar-refractivity contribution in [3.63, 3.8) is 0 Å². The number of hydrogen-bond acceptors (Lipinski definition) is 3. The Bertz CT molecular complexity index is 792. The maximum absolute atomic E-state index is 12.7. The van der Waals surface area contributed by atoms with E-state index >= 15 is 0 Å². The molecule has 0 bridgehead atoms. The fraction of sp³-hybridized carbons (Fsp3) is 0.211. The summed E-state index contributed by atoms with van der Waals surface area (Å²) < 4.78 is 55.5. The van der Waals surface area contributed by atoms with Crippen molar-refractivity contribution in [2.45, 2.75) is 12.6 Å². The van der Waals surface area contributed by atoms with E-state index < -0.39 is 18.4 Å². The van der Waals surface area contributed by atoms with Crippen LogP contribution in [0.3, 0.4) is 0 Å². The molecule has 0 unspecified atom stereocenters. The number of allylic oxidation sites excluding steroid dienone is 1. The lowest BCUT2D eigenvalue weighted by Crippen LogP contribution is -2.05. The summed E-state index contributed by atoms with van der Waals surface area (Å²) in [5.74, 6) is 0.547. The van der Waals surface area contributed by atoms with Crippen molar-refractivity contribution in [3.8, 4) is 11.8 Å². The predicted octanol–water partition coefficient (Wildman–Crippen LogP) is 5.42. The molecule has 0 aromatic heterocycles. The Hall–Kier alpha value is -3.01. The molecular formula is C19H16F4N2O. The first-order valence-electron chi connectivity index (χ1n) is 7.77. The van der Waals surface area contributed by atoms with Crippen LogP contribution in [-0.2, 0) is 6.18 Å². The highest BCUT2D eigenvalue weighted by Gasteiger charge is 2.30. The highest BCUT2D eigenvalue weighted by atomic mass is 19.4. The topological polar surface area (TPSA) is 45.0 Å². The van der Waals surface area contributed by atoms with E-state index in [-0.39, 0.29) is 17.9 Å². The number of anilines is 1. The zero-order valence-corrected chi connectivity index (χ0v) is 13.7. The molecular weight excluding hydrogens is 348 g/mol. The second kappa shape index (κ2) is 8.90. The van der Waals surface area contributed by atoms with Crippen molar-refractivity contribution in [2.24, 2.45) is 0 Å². The molecule has 0 spiro atoms. The van der Waals surface area contributed by atoms with Crippen LogP contribution in [0, 0.1) is 11.3 Å². The van der Waals surface area contributed by atoms with E-state index in [9.17, 15) is 22.8 Å². The van der Waals surface area contributed by atoms with Crippen molar-refractivity contribution < 1.29 is 22.3 Å². The quantitative estimate of drug-likeness (QED) is 0.405. The van der Waals surface area contributed by atoms with E-state index in [4.69, 9.17) is 4.74 Å². The van der Waals surface area contributed by atoms with Gasteiger partial charge in [-0.2, -0.15) is 18.4 Å². The Labute approximate surface area is 148 Å². The summed E-state index contributed by atoms with van der Waals surface area (Å²) in [6, 6.07) is 13.3. The molecule has 0 amide bonds. The van der Waals surface area contributed by atoms with Gasteiger partial charge in [-0.1, -0.05) is 6.07 Å². The number of benzene rings is 2. The van der Waals surface area contributed by atoms with E-state index in [1.807, 2.05) is 6.07 Å².